The smallest absolute Gasteiger partial charge is 0.255 e. The Kier molecular flexibility index (Phi) is 4.33. The van der Waals surface area contributed by atoms with Gasteiger partial charge in [0.1, 0.15) is 5.82 Å². The zero-order chi connectivity index (χ0) is 13.0. The van der Waals surface area contributed by atoms with E-state index in [0.29, 0.717) is 17.9 Å². The minimum Gasteiger partial charge on any atom is -0.372 e. The molecule has 2 N–H and O–H groups in total. The maximum atomic E-state index is 12.1. The molecule has 2 aromatic heterocycles. The average Bonchev–Trinajstić information content (AvgIpc) is 2.89. The van der Waals surface area contributed by atoms with E-state index in [9.17, 15) is 4.79 Å². The Morgan fingerprint density at radius 2 is 2.39 bits per heavy atom. The van der Waals surface area contributed by atoms with E-state index < -0.39 is 0 Å². The van der Waals surface area contributed by atoms with Crippen LogP contribution in [-0.2, 0) is 6.54 Å². The summed E-state index contributed by atoms with van der Waals surface area (Å²) in [7, 11) is 1.74. The summed E-state index contributed by atoms with van der Waals surface area (Å²) < 4.78 is 0.780. The van der Waals surface area contributed by atoms with Crippen molar-refractivity contribution in [3.8, 4) is 0 Å². The number of hydrogen-bond acceptors (Lipinski definition) is 4. The van der Waals surface area contributed by atoms with Crippen LogP contribution in [0.2, 0.25) is 0 Å². The van der Waals surface area contributed by atoms with Crippen molar-refractivity contribution in [2.75, 3.05) is 12.4 Å². The van der Waals surface area contributed by atoms with E-state index in [1.54, 1.807) is 30.6 Å². The highest BCUT2D eigenvalue weighted by molar-refractivity contribution is 9.10. The minimum atomic E-state index is -0.139. The second-order valence-corrected chi connectivity index (χ2v) is 5.31. The monoisotopic (exact) mass is 325 g/mol. The van der Waals surface area contributed by atoms with Gasteiger partial charge in [0.25, 0.3) is 5.91 Å². The number of anilines is 1. The predicted octanol–water partition coefficient (Wildman–Crippen LogP) is 2.88. The zero-order valence-electron chi connectivity index (χ0n) is 9.74. The molecule has 0 saturated heterocycles. The van der Waals surface area contributed by atoms with Crippen LogP contribution in [0.4, 0.5) is 5.82 Å². The lowest BCUT2D eigenvalue weighted by Gasteiger charge is -2.08. The molecule has 0 unspecified atom stereocenters. The van der Waals surface area contributed by atoms with Crippen LogP contribution in [0.15, 0.2) is 33.6 Å². The highest BCUT2D eigenvalue weighted by atomic mass is 79.9. The molecule has 0 spiro atoms. The standard InChI is InChI=1S/C12H12BrN3OS/c1-14-11-10(4-9(13)6-15-11)12(17)16-5-8-2-3-18-7-8/h2-4,6-7H,5H2,1H3,(H,14,15)(H,16,17). The van der Waals surface area contributed by atoms with Crippen LogP contribution in [-0.4, -0.2) is 17.9 Å². The Morgan fingerprint density at radius 1 is 1.56 bits per heavy atom. The highest BCUT2D eigenvalue weighted by Gasteiger charge is 2.12. The minimum absolute atomic E-state index is 0.139. The van der Waals surface area contributed by atoms with Crippen molar-refractivity contribution in [1.82, 2.24) is 10.3 Å². The van der Waals surface area contributed by atoms with E-state index in [1.807, 2.05) is 16.8 Å². The molecule has 2 rings (SSSR count). The van der Waals surface area contributed by atoms with Gasteiger partial charge in [-0.2, -0.15) is 11.3 Å². The number of carbonyl (C=O) groups is 1. The van der Waals surface area contributed by atoms with Crippen molar-refractivity contribution < 1.29 is 4.79 Å². The SMILES string of the molecule is CNc1ncc(Br)cc1C(=O)NCc1ccsc1. The van der Waals surface area contributed by atoms with Crippen LogP contribution in [0, 0.1) is 0 Å². The fourth-order valence-electron chi connectivity index (χ4n) is 1.48. The summed E-state index contributed by atoms with van der Waals surface area (Å²) in [6, 6.07) is 3.74. The van der Waals surface area contributed by atoms with Gasteiger partial charge in [-0.05, 0) is 44.4 Å². The molecule has 18 heavy (non-hydrogen) atoms. The number of aromatic nitrogens is 1. The fraction of sp³-hybridized carbons (Fsp3) is 0.167. The number of nitrogens with one attached hydrogen (secondary N) is 2. The molecule has 1 amide bonds. The molecule has 2 aromatic rings. The number of nitrogens with zero attached hydrogens (tertiary/aromatic N) is 1. The third-order valence-corrected chi connectivity index (χ3v) is 3.53. The lowest BCUT2D eigenvalue weighted by atomic mass is 10.2. The first kappa shape index (κ1) is 13.0. The lowest BCUT2D eigenvalue weighted by molar-refractivity contribution is 0.0951. The maximum absolute atomic E-state index is 12.1. The lowest BCUT2D eigenvalue weighted by Crippen LogP contribution is -2.23. The first-order valence-electron chi connectivity index (χ1n) is 5.33. The number of pyridine rings is 1. The van der Waals surface area contributed by atoms with Gasteiger partial charge < -0.3 is 10.6 Å². The van der Waals surface area contributed by atoms with Crippen molar-refractivity contribution in [3.63, 3.8) is 0 Å². The molecular formula is C12H12BrN3OS. The van der Waals surface area contributed by atoms with E-state index >= 15 is 0 Å². The molecule has 4 nitrogen and oxygen atoms in total. The molecule has 0 bridgehead atoms. The van der Waals surface area contributed by atoms with E-state index in [-0.39, 0.29) is 5.91 Å². The van der Waals surface area contributed by atoms with Gasteiger partial charge in [-0.1, -0.05) is 0 Å². The number of rotatable bonds is 4. The number of carbonyl (C=O) groups excluding carboxylic acids is 1. The predicted molar refractivity (Wildman–Crippen MR) is 77.0 cm³/mol. The highest BCUT2D eigenvalue weighted by Crippen LogP contribution is 2.17. The second kappa shape index (κ2) is 5.97. The summed E-state index contributed by atoms with van der Waals surface area (Å²) in [6.07, 6.45) is 1.65. The van der Waals surface area contributed by atoms with E-state index in [0.717, 1.165) is 10.0 Å². The Hall–Kier alpha value is -1.40. The normalized spacial score (nSPS) is 10.1. The Bertz CT molecular complexity index is 542. The number of halogens is 1. The summed E-state index contributed by atoms with van der Waals surface area (Å²) in [6.45, 7) is 0.526. The molecule has 0 aliphatic carbocycles. The van der Waals surface area contributed by atoms with Crippen molar-refractivity contribution in [2.24, 2.45) is 0 Å². The Balaban J connectivity index is 2.10. The Morgan fingerprint density at radius 3 is 3.06 bits per heavy atom. The quantitative estimate of drug-likeness (QED) is 0.908. The fourth-order valence-corrected chi connectivity index (χ4v) is 2.48. The van der Waals surface area contributed by atoms with Gasteiger partial charge in [0, 0.05) is 24.3 Å². The van der Waals surface area contributed by atoms with Crippen LogP contribution in [0.3, 0.4) is 0 Å². The molecule has 2 heterocycles. The van der Waals surface area contributed by atoms with E-state index in [4.69, 9.17) is 0 Å². The number of thiophene rings is 1. The van der Waals surface area contributed by atoms with Crippen molar-refractivity contribution >= 4 is 39.0 Å². The molecule has 0 aliphatic rings. The first-order chi connectivity index (χ1) is 8.70. The van der Waals surface area contributed by atoms with E-state index in [1.165, 1.54) is 0 Å². The van der Waals surface area contributed by atoms with Gasteiger partial charge in [0.2, 0.25) is 0 Å². The molecule has 0 saturated carbocycles. The van der Waals surface area contributed by atoms with E-state index in [2.05, 4.69) is 31.5 Å². The number of amides is 1. The van der Waals surface area contributed by atoms with Crippen LogP contribution < -0.4 is 10.6 Å². The van der Waals surface area contributed by atoms with Crippen molar-refractivity contribution in [3.05, 3.63) is 44.7 Å². The summed E-state index contributed by atoms with van der Waals surface area (Å²) in [5.74, 6) is 0.431. The zero-order valence-corrected chi connectivity index (χ0v) is 12.1. The van der Waals surface area contributed by atoms with Gasteiger partial charge in [-0.3, -0.25) is 4.79 Å². The molecule has 0 aromatic carbocycles. The Labute approximate surface area is 118 Å². The van der Waals surface area contributed by atoms with Crippen LogP contribution >= 0.6 is 27.3 Å². The van der Waals surface area contributed by atoms with Crippen LogP contribution in [0.5, 0.6) is 0 Å². The maximum Gasteiger partial charge on any atom is 0.255 e. The third kappa shape index (κ3) is 3.08. The topological polar surface area (TPSA) is 54.0 Å². The van der Waals surface area contributed by atoms with Gasteiger partial charge in [0.15, 0.2) is 0 Å². The molecule has 0 radical (unpaired) electrons. The average molecular weight is 326 g/mol. The summed E-state index contributed by atoms with van der Waals surface area (Å²) in [4.78, 5) is 16.2. The first-order valence-corrected chi connectivity index (χ1v) is 7.07. The number of hydrogen-bond donors (Lipinski definition) is 2. The van der Waals surface area contributed by atoms with Crippen LogP contribution in [0.1, 0.15) is 15.9 Å². The molecule has 6 heteroatoms. The third-order valence-electron chi connectivity index (χ3n) is 2.37. The van der Waals surface area contributed by atoms with Gasteiger partial charge in [-0.25, -0.2) is 4.98 Å². The summed E-state index contributed by atoms with van der Waals surface area (Å²) in [5.41, 5.74) is 1.63. The van der Waals surface area contributed by atoms with Crippen molar-refractivity contribution in [1.29, 1.82) is 0 Å². The molecule has 0 atom stereocenters. The van der Waals surface area contributed by atoms with Gasteiger partial charge in [0.05, 0.1) is 5.56 Å². The molecular weight excluding hydrogens is 314 g/mol. The van der Waals surface area contributed by atoms with Crippen LogP contribution in [0.25, 0.3) is 0 Å². The summed E-state index contributed by atoms with van der Waals surface area (Å²) in [5, 5.41) is 9.78. The van der Waals surface area contributed by atoms with Gasteiger partial charge in [-0.15, -0.1) is 0 Å². The van der Waals surface area contributed by atoms with Crippen molar-refractivity contribution in [2.45, 2.75) is 6.54 Å². The van der Waals surface area contributed by atoms with Gasteiger partial charge >= 0.3 is 0 Å². The molecule has 94 valence electrons. The largest absolute Gasteiger partial charge is 0.372 e. The summed E-state index contributed by atoms with van der Waals surface area (Å²) >= 11 is 4.93. The molecule has 0 fully saturated rings. The second-order valence-electron chi connectivity index (χ2n) is 3.61. The molecule has 0 aliphatic heterocycles.